The van der Waals surface area contributed by atoms with Gasteiger partial charge in [-0.3, -0.25) is 20.9 Å². The number of aromatic nitrogens is 2. The molecule has 3 atom stereocenters. The summed E-state index contributed by atoms with van der Waals surface area (Å²) < 4.78 is 7.83. The Balaban J connectivity index is 1.62. The van der Waals surface area contributed by atoms with Crippen molar-refractivity contribution in [2.75, 3.05) is 19.7 Å². The number of ether oxygens (including phenoxy) is 1. The average Bonchev–Trinajstić information content (AvgIpc) is 3.03. The van der Waals surface area contributed by atoms with Gasteiger partial charge in [-0.2, -0.15) is 5.10 Å². The number of rotatable bonds is 4. The van der Waals surface area contributed by atoms with Crippen molar-refractivity contribution in [2.24, 2.45) is 12.9 Å². The van der Waals surface area contributed by atoms with Gasteiger partial charge in [0.15, 0.2) is 0 Å². The molecule has 6 nitrogen and oxygen atoms in total. The molecule has 19 heavy (non-hydrogen) atoms. The molecule has 0 amide bonds. The zero-order valence-corrected chi connectivity index (χ0v) is 11.5. The smallest absolute Gasteiger partial charge is 0.0872 e. The minimum Gasteiger partial charge on any atom is -0.374 e. The second-order valence-electron chi connectivity index (χ2n) is 5.62. The van der Waals surface area contributed by atoms with Crippen molar-refractivity contribution in [2.45, 2.75) is 37.5 Å². The van der Waals surface area contributed by atoms with E-state index in [1.165, 1.54) is 19.4 Å². The Labute approximate surface area is 113 Å². The summed E-state index contributed by atoms with van der Waals surface area (Å²) in [5.41, 5.74) is 3.96. The van der Waals surface area contributed by atoms with Gasteiger partial charge in [-0.25, -0.2) is 0 Å². The lowest BCUT2D eigenvalue weighted by molar-refractivity contribution is -0.0645. The molecular formula is C13H23N5O. The Kier molecular flexibility index (Phi) is 3.83. The number of nitrogens with two attached hydrogens (primary N) is 1. The first-order chi connectivity index (χ1) is 9.26. The normalized spacial score (nSPS) is 29.4. The minimum absolute atomic E-state index is 0.122. The van der Waals surface area contributed by atoms with Crippen LogP contribution in [0.1, 0.15) is 18.5 Å². The van der Waals surface area contributed by atoms with Crippen LogP contribution in [-0.4, -0.2) is 52.6 Å². The van der Waals surface area contributed by atoms with Gasteiger partial charge < -0.3 is 4.74 Å². The molecule has 6 heteroatoms. The van der Waals surface area contributed by atoms with Gasteiger partial charge in [0.05, 0.1) is 24.4 Å². The van der Waals surface area contributed by atoms with Crippen molar-refractivity contribution in [3.8, 4) is 0 Å². The van der Waals surface area contributed by atoms with Crippen LogP contribution < -0.4 is 11.3 Å². The summed E-state index contributed by atoms with van der Waals surface area (Å²) in [5, 5.41) is 4.41. The molecule has 106 valence electrons. The van der Waals surface area contributed by atoms with Crippen LogP contribution in [-0.2, 0) is 18.2 Å². The van der Waals surface area contributed by atoms with Gasteiger partial charge in [0.2, 0.25) is 0 Å². The molecule has 3 unspecified atom stereocenters. The highest BCUT2D eigenvalue weighted by atomic mass is 16.5. The molecule has 2 saturated heterocycles. The van der Waals surface area contributed by atoms with E-state index in [0.717, 1.165) is 25.3 Å². The fourth-order valence-corrected chi connectivity index (χ4v) is 3.18. The fraction of sp³-hybridized carbons (Fsp3) is 0.769. The van der Waals surface area contributed by atoms with Crippen LogP contribution in [0.5, 0.6) is 0 Å². The lowest BCUT2D eigenvalue weighted by Crippen LogP contribution is -2.56. The monoisotopic (exact) mass is 265 g/mol. The van der Waals surface area contributed by atoms with E-state index in [4.69, 9.17) is 10.6 Å². The van der Waals surface area contributed by atoms with Crippen LogP contribution in [0.25, 0.3) is 0 Å². The predicted molar refractivity (Wildman–Crippen MR) is 72.4 cm³/mol. The van der Waals surface area contributed by atoms with E-state index in [1.807, 2.05) is 24.0 Å². The van der Waals surface area contributed by atoms with E-state index in [2.05, 4.69) is 15.4 Å². The number of hydrogen-bond donors (Lipinski definition) is 2. The van der Waals surface area contributed by atoms with Crippen molar-refractivity contribution in [3.63, 3.8) is 0 Å². The summed E-state index contributed by atoms with van der Waals surface area (Å²) in [7, 11) is 1.93. The molecule has 0 aromatic carbocycles. The van der Waals surface area contributed by atoms with Gasteiger partial charge in [-0.1, -0.05) is 0 Å². The van der Waals surface area contributed by atoms with Crippen molar-refractivity contribution < 1.29 is 4.74 Å². The summed E-state index contributed by atoms with van der Waals surface area (Å²) in [4.78, 5) is 2.54. The number of fused-ring (bicyclic) bond motifs is 1. The average molecular weight is 265 g/mol. The molecule has 0 radical (unpaired) electrons. The van der Waals surface area contributed by atoms with Gasteiger partial charge >= 0.3 is 0 Å². The number of hydrogen-bond acceptors (Lipinski definition) is 5. The molecule has 0 bridgehead atoms. The number of aryl methyl sites for hydroxylation is 1. The highest BCUT2D eigenvalue weighted by Crippen LogP contribution is 2.24. The highest BCUT2D eigenvalue weighted by molar-refractivity contribution is 5.03. The van der Waals surface area contributed by atoms with E-state index < -0.39 is 0 Å². The summed E-state index contributed by atoms with van der Waals surface area (Å²) in [5.74, 6) is 5.71. The molecule has 0 saturated carbocycles. The van der Waals surface area contributed by atoms with E-state index in [0.29, 0.717) is 6.04 Å². The first-order valence-corrected chi connectivity index (χ1v) is 7.06. The van der Waals surface area contributed by atoms with E-state index in [1.54, 1.807) is 0 Å². The summed E-state index contributed by atoms with van der Waals surface area (Å²) in [6.45, 7) is 3.02. The van der Waals surface area contributed by atoms with Crippen LogP contribution in [0.3, 0.4) is 0 Å². The SMILES string of the molecule is Cn1ccc(CC(NN)C2CN3CCCC3CO2)n1. The van der Waals surface area contributed by atoms with Gasteiger partial charge in [-0.05, 0) is 25.5 Å². The number of nitrogens with zero attached hydrogens (tertiary/aromatic N) is 3. The third kappa shape index (κ3) is 2.81. The Hall–Kier alpha value is -0.950. The first-order valence-electron chi connectivity index (χ1n) is 7.06. The largest absolute Gasteiger partial charge is 0.374 e. The maximum atomic E-state index is 6.01. The molecule has 2 aliphatic heterocycles. The molecule has 0 aliphatic carbocycles. The third-order valence-electron chi connectivity index (χ3n) is 4.28. The lowest BCUT2D eigenvalue weighted by atomic mass is 10.0. The Morgan fingerprint density at radius 3 is 3.26 bits per heavy atom. The Morgan fingerprint density at radius 1 is 1.63 bits per heavy atom. The summed E-state index contributed by atoms with van der Waals surface area (Å²) in [6, 6.07) is 2.78. The van der Waals surface area contributed by atoms with Gasteiger partial charge in [0, 0.05) is 32.3 Å². The molecular weight excluding hydrogens is 242 g/mol. The number of hydrazine groups is 1. The zero-order chi connectivity index (χ0) is 13.2. The fourth-order valence-electron chi connectivity index (χ4n) is 3.18. The maximum absolute atomic E-state index is 6.01. The molecule has 1 aromatic rings. The third-order valence-corrected chi connectivity index (χ3v) is 4.28. The van der Waals surface area contributed by atoms with Crippen LogP contribution in [0.4, 0.5) is 0 Å². The second kappa shape index (κ2) is 5.58. The van der Waals surface area contributed by atoms with Crippen LogP contribution >= 0.6 is 0 Å². The van der Waals surface area contributed by atoms with Crippen molar-refractivity contribution in [1.29, 1.82) is 0 Å². The van der Waals surface area contributed by atoms with Gasteiger partial charge in [0.1, 0.15) is 0 Å². The van der Waals surface area contributed by atoms with Crippen LogP contribution in [0, 0.1) is 0 Å². The number of morpholine rings is 1. The van der Waals surface area contributed by atoms with Crippen molar-refractivity contribution in [3.05, 3.63) is 18.0 Å². The molecule has 2 aliphatic rings. The lowest BCUT2D eigenvalue weighted by Gasteiger charge is -2.38. The Bertz CT molecular complexity index is 421. The molecule has 2 fully saturated rings. The highest BCUT2D eigenvalue weighted by Gasteiger charge is 2.35. The molecule has 3 heterocycles. The summed E-state index contributed by atoms with van der Waals surface area (Å²) >= 11 is 0. The van der Waals surface area contributed by atoms with E-state index >= 15 is 0 Å². The second-order valence-corrected chi connectivity index (χ2v) is 5.62. The van der Waals surface area contributed by atoms with Crippen molar-refractivity contribution in [1.82, 2.24) is 20.1 Å². The van der Waals surface area contributed by atoms with Crippen LogP contribution in [0.15, 0.2) is 12.3 Å². The zero-order valence-electron chi connectivity index (χ0n) is 11.5. The first kappa shape index (κ1) is 13.1. The minimum atomic E-state index is 0.122. The Morgan fingerprint density at radius 2 is 2.53 bits per heavy atom. The number of nitrogens with one attached hydrogen (secondary N) is 1. The predicted octanol–water partition coefficient (Wildman–Crippen LogP) is -0.342. The maximum Gasteiger partial charge on any atom is 0.0872 e. The standard InChI is InChI=1S/C13H23N5O/c1-17-6-4-10(16-17)7-12(15-14)13-8-18-5-2-3-11(18)9-19-13/h4,6,11-13,15H,2-3,5,7-9,14H2,1H3. The molecule has 3 rings (SSSR count). The molecule has 1 aromatic heterocycles. The van der Waals surface area contributed by atoms with E-state index in [-0.39, 0.29) is 12.1 Å². The summed E-state index contributed by atoms with van der Waals surface area (Å²) in [6.07, 6.45) is 5.48. The van der Waals surface area contributed by atoms with Crippen molar-refractivity contribution >= 4 is 0 Å². The topological polar surface area (TPSA) is 68.3 Å². The van der Waals surface area contributed by atoms with Gasteiger partial charge in [-0.15, -0.1) is 0 Å². The molecule has 3 N–H and O–H groups in total. The molecule has 0 spiro atoms. The van der Waals surface area contributed by atoms with Gasteiger partial charge in [0.25, 0.3) is 0 Å². The quantitative estimate of drug-likeness (QED) is 0.576. The van der Waals surface area contributed by atoms with Crippen LogP contribution in [0.2, 0.25) is 0 Å². The van der Waals surface area contributed by atoms with E-state index in [9.17, 15) is 0 Å².